The first kappa shape index (κ1) is 15.6. The number of hydrogen-bond donors (Lipinski definition) is 1. The van der Waals surface area contributed by atoms with E-state index in [4.69, 9.17) is 23.2 Å². The lowest BCUT2D eigenvalue weighted by Crippen LogP contribution is -2.17. The molecule has 1 N–H and O–H groups in total. The molecule has 0 radical (unpaired) electrons. The molecule has 2 aromatic carbocycles. The molecular formula is C15H13Cl2FN2O. The first-order chi connectivity index (χ1) is 9.88. The van der Waals surface area contributed by atoms with Gasteiger partial charge in [-0.2, -0.15) is 0 Å². The third kappa shape index (κ3) is 3.65. The Labute approximate surface area is 132 Å². The molecule has 0 spiro atoms. The van der Waals surface area contributed by atoms with Crippen LogP contribution in [0.1, 0.15) is 10.4 Å². The molecule has 110 valence electrons. The molecule has 21 heavy (non-hydrogen) atoms. The highest BCUT2D eigenvalue weighted by Crippen LogP contribution is 2.28. The van der Waals surface area contributed by atoms with Gasteiger partial charge in [-0.05, 0) is 36.4 Å². The molecule has 0 heterocycles. The fourth-order valence-electron chi connectivity index (χ4n) is 1.86. The van der Waals surface area contributed by atoms with Crippen molar-refractivity contribution in [1.82, 2.24) is 0 Å². The van der Waals surface area contributed by atoms with Crippen molar-refractivity contribution in [2.45, 2.75) is 0 Å². The zero-order chi connectivity index (χ0) is 15.6. The third-order valence-electron chi connectivity index (χ3n) is 2.86. The van der Waals surface area contributed by atoms with Crippen molar-refractivity contribution in [1.29, 1.82) is 0 Å². The van der Waals surface area contributed by atoms with E-state index in [1.807, 2.05) is 19.0 Å². The molecule has 0 saturated heterocycles. The van der Waals surface area contributed by atoms with Crippen LogP contribution in [0.25, 0.3) is 0 Å². The molecule has 0 saturated carbocycles. The van der Waals surface area contributed by atoms with E-state index in [1.54, 1.807) is 18.2 Å². The largest absolute Gasteiger partial charge is 0.376 e. The number of hydrogen-bond acceptors (Lipinski definition) is 2. The van der Waals surface area contributed by atoms with E-state index in [0.717, 1.165) is 11.8 Å². The van der Waals surface area contributed by atoms with E-state index >= 15 is 0 Å². The van der Waals surface area contributed by atoms with Crippen molar-refractivity contribution in [3.63, 3.8) is 0 Å². The number of amides is 1. The summed E-state index contributed by atoms with van der Waals surface area (Å²) in [5, 5.41) is 3.42. The summed E-state index contributed by atoms with van der Waals surface area (Å²) in [6, 6.07) is 8.92. The van der Waals surface area contributed by atoms with Crippen LogP contribution in [0, 0.1) is 5.82 Å². The molecule has 2 rings (SSSR count). The minimum absolute atomic E-state index is 0.118. The number of carbonyl (C=O) groups is 1. The Bertz CT molecular complexity index is 689. The zero-order valence-corrected chi connectivity index (χ0v) is 13.0. The monoisotopic (exact) mass is 326 g/mol. The molecule has 1 amide bonds. The Morgan fingerprint density at radius 2 is 1.71 bits per heavy atom. The van der Waals surface area contributed by atoms with Gasteiger partial charge in [0.2, 0.25) is 0 Å². The van der Waals surface area contributed by atoms with Crippen LogP contribution in [0.3, 0.4) is 0 Å². The summed E-state index contributed by atoms with van der Waals surface area (Å²) in [6.07, 6.45) is 0. The van der Waals surface area contributed by atoms with Crippen molar-refractivity contribution >= 4 is 40.5 Å². The topological polar surface area (TPSA) is 32.3 Å². The lowest BCUT2D eigenvalue weighted by atomic mass is 10.2. The van der Waals surface area contributed by atoms with Gasteiger partial charge in [-0.3, -0.25) is 4.79 Å². The quantitative estimate of drug-likeness (QED) is 0.903. The second kappa shape index (κ2) is 6.33. The Balaban J connectivity index is 2.35. The van der Waals surface area contributed by atoms with Gasteiger partial charge in [-0.25, -0.2) is 4.39 Å². The smallest absolute Gasteiger partial charge is 0.258 e. The summed E-state index contributed by atoms with van der Waals surface area (Å²) in [4.78, 5) is 14.0. The van der Waals surface area contributed by atoms with Crippen LogP contribution in [0.2, 0.25) is 10.0 Å². The van der Waals surface area contributed by atoms with Crippen LogP contribution in [-0.2, 0) is 0 Å². The summed E-state index contributed by atoms with van der Waals surface area (Å²) >= 11 is 11.7. The number of benzene rings is 2. The molecule has 3 nitrogen and oxygen atoms in total. The van der Waals surface area contributed by atoms with Crippen LogP contribution in [0.15, 0.2) is 36.4 Å². The molecule has 0 bridgehead atoms. The molecule has 0 aromatic heterocycles. The Morgan fingerprint density at radius 1 is 1.10 bits per heavy atom. The molecule has 0 aliphatic carbocycles. The second-order valence-electron chi connectivity index (χ2n) is 4.63. The number of nitrogens with zero attached hydrogens (tertiary/aromatic N) is 1. The van der Waals surface area contributed by atoms with E-state index in [9.17, 15) is 9.18 Å². The predicted octanol–water partition coefficient (Wildman–Crippen LogP) is 4.45. The number of nitrogens with one attached hydrogen (secondary N) is 1. The van der Waals surface area contributed by atoms with Crippen LogP contribution in [-0.4, -0.2) is 20.0 Å². The van der Waals surface area contributed by atoms with E-state index in [2.05, 4.69) is 5.32 Å². The van der Waals surface area contributed by atoms with Gasteiger partial charge >= 0.3 is 0 Å². The van der Waals surface area contributed by atoms with E-state index in [1.165, 1.54) is 12.1 Å². The van der Waals surface area contributed by atoms with E-state index < -0.39 is 11.7 Å². The van der Waals surface area contributed by atoms with Gasteiger partial charge in [0.15, 0.2) is 0 Å². The highest BCUT2D eigenvalue weighted by molar-refractivity contribution is 6.31. The maximum Gasteiger partial charge on any atom is 0.258 e. The minimum Gasteiger partial charge on any atom is -0.376 e. The van der Waals surface area contributed by atoms with Crippen molar-refractivity contribution < 1.29 is 9.18 Å². The maximum absolute atomic E-state index is 13.7. The van der Waals surface area contributed by atoms with E-state index in [-0.39, 0.29) is 5.56 Å². The van der Waals surface area contributed by atoms with Gasteiger partial charge in [0.05, 0.1) is 16.9 Å². The SMILES string of the molecule is CN(C)c1ccc(Cl)cc1NC(=O)c1cc(Cl)ccc1F. The highest BCUT2D eigenvalue weighted by atomic mass is 35.5. The summed E-state index contributed by atoms with van der Waals surface area (Å²) in [5.41, 5.74) is 1.14. The summed E-state index contributed by atoms with van der Waals surface area (Å²) in [5.74, 6) is -1.22. The van der Waals surface area contributed by atoms with E-state index in [0.29, 0.717) is 15.7 Å². The average molecular weight is 327 g/mol. The number of rotatable bonds is 3. The number of halogens is 3. The van der Waals surface area contributed by atoms with Gasteiger partial charge in [-0.15, -0.1) is 0 Å². The predicted molar refractivity (Wildman–Crippen MR) is 85.1 cm³/mol. The van der Waals surface area contributed by atoms with Crippen molar-refractivity contribution in [2.75, 3.05) is 24.3 Å². The third-order valence-corrected chi connectivity index (χ3v) is 3.33. The first-order valence-electron chi connectivity index (χ1n) is 6.12. The highest BCUT2D eigenvalue weighted by Gasteiger charge is 2.15. The Hall–Kier alpha value is -1.78. The van der Waals surface area contributed by atoms with Crippen molar-refractivity contribution in [3.8, 4) is 0 Å². The fraction of sp³-hybridized carbons (Fsp3) is 0.133. The maximum atomic E-state index is 13.7. The number of carbonyl (C=O) groups excluding carboxylic acids is 1. The molecular weight excluding hydrogens is 314 g/mol. The molecule has 6 heteroatoms. The van der Waals surface area contributed by atoms with Crippen molar-refractivity contribution in [3.05, 3.63) is 57.8 Å². The molecule has 0 unspecified atom stereocenters. The van der Waals surface area contributed by atoms with Crippen LogP contribution < -0.4 is 10.2 Å². The summed E-state index contributed by atoms with van der Waals surface area (Å²) in [7, 11) is 3.66. The average Bonchev–Trinajstić information content (AvgIpc) is 2.41. The Morgan fingerprint density at radius 3 is 2.38 bits per heavy atom. The zero-order valence-electron chi connectivity index (χ0n) is 11.5. The van der Waals surface area contributed by atoms with Gasteiger partial charge in [0.25, 0.3) is 5.91 Å². The second-order valence-corrected chi connectivity index (χ2v) is 5.51. The summed E-state index contributed by atoms with van der Waals surface area (Å²) in [6.45, 7) is 0. The van der Waals surface area contributed by atoms with Gasteiger partial charge in [-0.1, -0.05) is 23.2 Å². The van der Waals surface area contributed by atoms with Gasteiger partial charge in [0.1, 0.15) is 5.82 Å². The lowest BCUT2D eigenvalue weighted by molar-refractivity contribution is 0.102. The number of anilines is 2. The van der Waals surface area contributed by atoms with Gasteiger partial charge < -0.3 is 10.2 Å². The molecule has 2 aromatic rings. The Kier molecular flexibility index (Phi) is 4.70. The lowest BCUT2D eigenvalue weighted by Gasteiger charge is -2.18. The fourth-order valence-corrected chi connectivity index (χ4v) is 2.20. The minimum atomic E-state index is -0.634. The van der Waals surface area contributed by atoms with Crippen LogP contribution in [0.4, 0.5) is 15.8 Å². The first-order valence-corrected chi connectivity index (χ1v) is 6.87. The molecule has 0 aliphatic heterocycles. The summed E-state index contributed by atoms with van der Waals surface area (Å²) < 4.78 is 13.7. The molecule has 0 fully saturated rings. The molecule has 0 aliphatic rings. The van der Waals surface area contributed by atoms with Crippen LogP contribution >= 0.6 is 23.2 Å². The van der Waals surface area contributed by atoms with Crippen LogP contribution in [0.5, 0.6) is 0 Å². The van der Waals surface area contributed by atoms with Crippen molar-refractivity contribution in [2.24, 2.45) is 0 Å². The normalized spacial score (nSPS) is 10.3. The standard InChI is InChI=1S/C15H13Cl2FN2O/c1-20(2)14-6-4-10(17)8-13(14)19-15(21)11-7-9(16)3-5-12(11)18/h3-8H,1-2H3,(H,19,21). The molecule has 0 atom stereocenters. The van der Waals surface area contributed by atoms with Gasteiger partial charge in [0, 0.05) is 24.1 Å².